The Labute approximate surface area is 135 Å². The van der Waals surface area contributed by atoms with E-state index in [1.807, 2.05) is 61.5 Å². The lowest BCUT2D eigenvalue weighted by molar-refractivity contribution is -0.146. The predicted molar refractivity (Wildman–Crippen MR) is 86.9 cm³/mol. The van der Waals surface area contributed by atoms with Crippen LogP contribution in [-0.4, -0.2) is 23.9 Å². The zero-order chi connectivity index (χ0) is 16.4. The molecule has 3 rings (SSSR count). The molecule has 2 aromatic rings. The van der Waals surface area contributed by atoms with Crippen LogP contribution in [-0.2, 0) is 15.3 Å². The molecule has 0 radical (unpaired) electrons. The maximum absolute atomic E-state index is 12.0. The molecule has 0 saturated carbocycles. The van der Waals surface area contributed by atoms with E-state index >= 15 is 0 Å². The smallest absolute Gasteiger partial charge is 0.243 e. The van der Waals surface area contributed by atoms with E-state index in [0.717, 1.165) is 16.9 Å². The van der Waals surface area contributed by atoms with Gasteiger partial charge in [-0.3, -0.25) is 4.79 Å². The Hall–Kier alpha value is -2.82. The van der Waals surface area contributed by atoms with E-state index in [4.69, 9.17) is 9.47 Å². The number of carbonyl (C=O) groups excluding carboxylic acids is 1. The molecule has 0 fully saturated rings. The Bertz CT molecular complexity index is 741. The lowest BCUT2D eigenvalue weighted by atomic mass is 10.0. The fourth-order valence-electron chi connectivity index (χ4n) is 2.59. The van der Waals surface area contributed by atoms with Crippen LogP contribution in [0.3, 0.4) is 0 Å². The fourth-order valence-corrected chi connectivity index (χ4v) is 2.59. The van der Waals surface area contributed by atoms with Crippen LogP contribution >= 0.6 is 0 Å². The normalized spacial score (nSPS) is 20.0. The summed E-state index contributed by atoms with van der Waals surface area (Å²) >= 11 is 0. The average Bonchev–Trinajstić information content (AvgIpc) is 2.95. The SMILES string of the molecule is COc1ccc([C@@]2(C)OC(c3ccccc3)=NN2C(C)=O)cc1. The van der Waals surface area contributed by atoms with Crippen molar-refractivity contribution in [3.8, 4) is 5.75 Å². The summed E-state index contributed by atoms with van der Waals surface area (Å²) in [5, 5.41) is 5.75. The van der Waals surface area contributed by atoms with Crippen molar-refractivity contribution in [3.63, 3.8) is 0 Å². The van der Waals surface area contributed by atoms with Gasteiger partial charge in [0.1, 0.15) is 5.75 Å². The number of amides is 1. The van der Waals surface area contributed by atoms with Crippen molar-refractivity contribution in [1.29, 1.82) is 0 Å². The van der Waals surface area contributed by atoms with Crippen LogP contribution in [0.1, 0.15) is 25.0 Å². The zero-order valence-corrected chi connectivity index (χ0v) is 13.3. The molecule has 1 aliphatic rings. The van der Waals surface area contributed by atoms with Gasteiger partial charge >= 0.3 is 0 Å². The summed E-state index contributed by atoms with van der Waals surface area (Å²) < 4.78 is 11.3. The Balaban J connectivity index is 1.99. The third-order valence-corrected chi connectivity index (χ3v) is 3.84. The summed E-state index contributed by atoms with van der Waals surface area (Å²) in [7, 11) is 1.61. The van der Waals surface area contributed by atoms with Gasteiger partial charge in [-0.15, -0.1) is 5.10 Å². The van der Waals surface area contributed by atoms with E-state index in [-0.39, 0.29) is 5.91 Å². The topological polar surface area (TPSA) is 51.1 Å². The van der Waals surface area contributed by atoms with Crippen LogP contribution in [0.2, 0.25) is 0 Å². The van der Waals surface area contributed by atoms with Gasteiger partial charge in [-0.05, 0) is 36.4 Å². The molecular formula is C18H18N2O3. The van der Waals surface area contributed by atoms with E-state index in [0.29, 0.717) is 5.90 Å². The number of carbonyl (C=O) groups is 1. The number of benzene rings is 2. The summed E-state index contributed by atoms with van der Waals surface area (Å²) in [5.74, 6) is 0.988. The maximum atomic E-state index is 12.0. The summed E-state index contributed by atoms with van der Waals surface area (Å²) in [4.78, 5) is 12.0. The molecule has 118 valence electrons. The molecule has 1 heterocycles. The summed E-state index contributed by atoms with van der Waals surface area (Å²) in [6.45, 7) is 3.30. The minimum Gasteiger partial charge on any atom is -0.497 e. The van der Waals surface area contributed by atoms with Crippen molar-refractivity contribution in [1.82, 2.24) is 5.01 Å². The van der Waals surface area contributed by atoms with Crippen LogP contribution in [0.15, 0.2) is 59.7 Å². The molecule has 0 aliphatic carbocycles. The monoisotopic (exact) mass is 310 g/mol. The van der Waals surface area contributed by atoms with Gasteiger partial charge in [0.05, 0.1) is 7.11 Å². The molecule has 0 bridgehead atoms. The molecule has 1 aliphatic heterocycles. The van der Waals surface area contributed by atoms with Gasteiger partial charge in [0.25, 0.3) is 0 Å². The Morgan fingerprint density at radius 3 is 2.35 bits per heavy atom. The highest BCUT2D eigenvalue weighted by atomic mass is 16.6. The molecular weight excluding hydrogens is 292 g/mol. The molecule has 0 saturated heterocycles. The van der Waals surface area contributed by atoms with E-state index < -0.39 is 5.72 Å². The highest BCUT2D eigenvalue weighted by Crippen LogP contribution is 2.37. The third-order valence-electron chi connectivity index (χ3n) is 3.84. The minimum atomic E-state index is -0.983. The van der Waals surface area contributed by atoms with Gasteiger partial charge < -0.3 is 9.47 Å². The Morgan fingerprint density at radius 1 is 1.13 bits per heavy atom. The van der Waals surface area contributed by atoms with Gasteiger partial charge in [-0.1, -0.05) is 18.2 Å². The van der Waals surface area contributed by atoms with Gasteiger partial charge in [0, 0.05) is 25.0 Å². The number of hydrazone groups is 1. The van der Waals surface area contributed by atoms with Crippen LogP contribution in [0.5, 0.6) is 5.75 Å². The third kappa shape index (κ3) is 2.65. The number of nitrogens with zero attached hydrogens (tertiary/aromatic N) is 2. The van der Waals surface area contributed by atoms with Crippen LogP contribution < -0.4 is 4.74 Å². The number of hydrogen-bond donors (Lipinski definition) is 0. The molecule has 1 atom stereocenters. The first-order valence-electron chi connectivity index (χ1n) is 7.33. The first kappa shape index (κ1) is 15.1. The zero-order valence-electron chi connectivity index (χ0n) is 13.3. The number of ether oxygens (including phenoxy) is 2. The second kappa shape index (κ2) is 5.76. The summed E-state index contributed by atoms with van der Waals surface area (Å²) in [5.41, 5.74) is 0.669. The van der Waals surface area contributed by atoms with Crippen LogP contribution in [0.4, 0.5) is 0 Å². The lowest BCUT2D eigenvalue weighted by Crippen LogP contribution is -2.41. The second-order valence-electron chi connectivity index (χ2n) is 5.42. The fraction of sp³-hybridized carbons (Fsp3) is 0.222. The van der Waals surface area contributed by atoms with Crippen LogP contribution in [0.25, 0.3) is 0 Å². The highest BCUT2D eigenvalue weighted by Gasteiger charge is 2.44. The average molecular weight is 310 g/mol. The van der Waals surface area contributed by atoms with Gasteiger partial charge in [0.15, 0.2) is 0 Å². The van der Waals surface area contributed by atoms with Gasteiger partial charge in [-0.2, -0.15) is 5.01 Å². The molecule has 1 amide bonds. The maximum Gasteiger partial charge on any atom is 0.243 e. The first-order valence-corrected chi connectivity index (χ1v) is 7.33. The number of hydrogen-bond acceptors (Lipinski definition) is 4. The molecule has 5 nitrogen and oxygen atoms in total. The van der Waals surface area contributed by atoms with Crippen molar-refractivity contribution < 1.29 is 14.3 Å². The number of rotatable bonds is 3. The molecule has 0 aromatic heterocycles. The second-order valence-corrected chi connectivity index (χ2v) is 5.42. The lowest BCUT2D eigenvalue weighted by Gasteiger charge is -2.31. The van der Waals surface area contributed by atoms with E-state index in [1.54, 1.807) is 7.11 Å². The number of methoxy groups -OCH3 is 1. The molecule has 0 spiro atoms. The molecule has 23 heavy (non-hydrogen) atoms. The Kier molecular flexibility index (Phi) is 3.78. The predicted octanol–water partition coefficient (Wildman–Crippen LogP) is 3.11. The largest absolute Gasteiger partial charge is 0.497 e. The van der Waals surface area contributed by atoms with Gasteiger partial charge in [-0.25, -0.2) is 0 Å². The van der Waals surface area contributed by atoms with Gasteiger partial charge in [0.2, 0.25) is 17.5 Å². The minimum absolute atomic E-state index is 0.186. The standard InChI is InChI=1S/C18H18N2O3/c1-13(21)20-18(2,15-9-11-16(22-3)12-10-15)23-17(19-20)14-7-5-4-6-8-14/h4-12H,1-3H3/t18-/m1/s1. The highest BCUT2D eigenvalue weighted by molar-refractivity contribution is 5.96. The molecule has 2 aromatic carbocycles. The van der Waals surface area contributed by atoms with Crippen molar-refractivity contribution in [2.45, 2.75) is 19.6 Å². The van der Waals surface area contributed by atoms with Crippen molar-refractivity contribution in [3.05, 3.63) is 65.7 Å². The summed E-state index contributed by atoms with van der Waals surface area (Å²) in [6.07, 6.45) is 0. The van der Waals surface area contributed by atoms with E-state index in [1.165, 1.54) is 11.9 Å². The molecule has 0 unspecified atom stereocenters. The first-order chi connectivity index (χ1) is 11.0. The van der Waals surface area contributed by atoms with E-state index in [2.05, 4.69) is 5.10 Å². The quantitative estimate of drug-likeness (QED) is 0.875. The van der Waals surface area contributed by atoms with Crippen molar-refractivity contribution in [2.75, 3.05) is 7.11 Å². The molecule has 5 heteroatoms. The summed E-state index contributed by atoms with van der Waals surface area (Å²) in [6, 6.07) is 16.9. The van der Waals surface area contributed by atoms with Crippen LogP contribution in [0, 0.1) is 0 Å². The van der Waals surface area contributed by atoms with E-state index in [9.17, 15) is 4.79 Å². The van der Waals surface area contributed by atoms with Crippen molar-refractivity contribution in [2.24, 2.45) is 5.10 Å². The van der Waals surface area contributed by atoms with Crippen molar-refractivity contribution >= 4 is 11.8 Å². The molecule has 0 N–H and O–H groups in total. The Morgan fingerprint density at radius 2 is 1.78 bits per heavy atom.